The molecule has 1 unspecified atom stereocenters. The summed E-state index contributed by atoms with van der Waals surface area (Å²) in [5.41, 5.74) is 1.59. The van der Waals surface area contributed by atoms with Crippen LogP contribution in [0.1, 0.15) is 45.2 Å². The first-order valence-corrected chi connectivity index (χ1v) is 8.86. The molecule has 1 atom stereocenters. The van der Waals surface area contributed by atoms with Gasteiger partial charge in [0.1, 0.15) is 12.4 Å². The number of ether oxygens (including phenoxy) is 2. The van der Waals surface area contributed by atoms with Crippen molar-refractivity contribution in [2.75, 3.05) is 13.2 Å². The summed E-state index contributed by atoms with van der Waals surface area (Å²) < 4.78 is 11.2. The number of unbranched alkanes of at least 4 members (excludes halogenated alkanes) is 1. The molecule has 0 saturated carbocycles. The quantitative estimate of drug-likeness (QED) is 0.423. The van der Waals surface area contributed by atoms with E-state index in [9.17, 15) is 9.59 Å². The highest BCUT2D eigenvalue weighted by Crippen LogP contribution is 2.33. The molecule has 140 valence electrons. The van der Waals surface area contributed by atoms with E-state index < -0.39 is 12.0 Å². The molecule has 0 spiro atoms. The van der Waals surface area contributed by atoms with Gasteiger partial charge in [0.2, 0.25) is 0 Å². The summed E-state index contributed by atoms with van der Waals surface area (Å²) in [6.45, 7) is 6.40. The zero-order chi connectivity index (χ0) is 18.9. The lowest BCUT2D eigenvalue weighted by molar-refractivity contribution is -0.138. The molecular formula is C20H26N2O4. The Morgan fingerprint density at radius 3 is 2.81 bits per heavy atom. The molecule has 2 rings (SSSR count). The fraction of sp³-hybridized carbons (Fsp3) is 0.400. The highest BCUT2D eigenvalue weighted by atomic mass is 16.5. The van der Waals surface area contributed by atoms with Gasteiger partial charge in [-0.1, -0.05) is 43.7 Å². The van der Waals surface area contributed by atoms with E-state index in [0.717, 1.165) is 18.4 Å². The summed E-state index contributed by atoms with van der Waals surface area (Å²) in [7, 11) is 0. The monoisotopic (exact) mass is 358 g/mol. The van der Waals surface area contributed by atoms with Crippen LogP contribution in [0.3, 0.4) is 0 Å². The van der Waals surface area contributed by atoms with E-state index in [4.69, 9.17) is 9.47 Å². The number of carbonyl (C=O) groups is 2. The van der Waals surface area contributed by atoms with Crippen molar-refractivity contribution in [3.63, 3.8) is 0 Å². The molecule has 0 bridgehead atoms. The van der Waals surface area contributed by atoms with E-state index in [2.05, 4.69) is 17.6 Å². The maximum absolute atomic E-state index is 12.6. The number of hydrogen-bond acceptors (Lipinski definition) is 4. The molecule has 2 amide bonds. The molecule has 1 aliphatic heterocycles. The van der Waals surface area contributed by atoms with Gasteiger partial charge >= 0.3 is 12.0 Å². The van der Waals surface area contributed by atoms with Gasteiger partial charge < -0.3 is 20.1 Å². The van der Waals surface area contributed by atoms with Gasteiger partial charge in [0.05, 0.1) is 18.2 Å². The second-order valence-corrected chi connectivity index (χ2v) is 5.98. The lowest BCUT2D eigenvalue weighted by Gasteiger charge is -2.29. The van der Waals surface area contributed by atoms with Crippen LogP contribution in [0.15, 0.2) is 47.7 Å². The number of amides is 2. The van der Waals surface area contributed by atoms with Gasteiger partial charge in [-0.3, -0.25) is 0 Å². The minimum atomic E-state index is -0.625. The van der Waals surface area contributed by atoms with Crippen molar-refractivity contribution >= 4 is 12.0 Å². The van der Waals surface area contributed by atoms with Crippen LogP contribution in [0.4, 0.5) is 4.79 Å². The number of hydrogen-bond donors (Lipinski definition) is 2. The Kier molecular flexibility index (Phi) is 7.26. The molecule has 1 aromatic carbocycles. The minimum Gasteiger partial charge on any atom is -0.493 e. The van der Waals surface area contributed by atoms with Crippen molar-refractivity contribution in [1.29, 1.82) is 0 Å². The van der Waals surface area contributed by atoms with E-state index in [1.54, 1.807) is 13.0 Å². The topological polar surface area (TPSA) is 76.7 Å². The Bertz CT molecular complexity index is 710. The number of esters is 1. The van der Waals surface area contributed by atoms with E-state index in [1.807, 2.05) is 37.3 Å². The van der Waals surface area contributed by atoms with Gasteiger partial charge in [0, 0.05) is 11.3 Å². The van der Waals surface area contributed by atoms with E-state index in [-0.39, 0.29) is 12.6 Å². The third kappa shape index (κ3) is 4.88. The van der Waals surface area contributed by atoms with Crippen molar-refractivity contribution in [1.82, 2.24) is 10.6 Å². The third-order valence-electron chi connectivity index (χ3n) is 4.02. The molecule has 6 heteroatoms. The maximum atomic E-state index is 12.6. The molecule has 0 radical (unpaired) electrons. The molecule has 2 N–H and O–H groups in total. The molecule has 0 fully saturated rings. The summed E-state index contributed by atoms with van der Waals surface area (Å²) >= 11 is 0. The number of nitrogens with one attached hydrogen (secondary N) is 2. The van der Waals surface area contributed by atoms with Crippen LogP contribution in [0.5, 0.6) is 5.75 Å². The van der Waals surface area contributed by atoms with E-state index >= 15 is 0 Å². The number of urea groups is 1. The molecule has 0 saturated heterocycles. The SMILES string of the molecule is CC=CCOC(=O)C1=C(C)NC(=O)NC1c1ccccc1OCCCC. The lowest BCUT2D eigenvalue weighted by Crippen LogP contribution is -2.45. The number of allylic oxidation sites excluding steroid dienone is 2. The van der Waals surface area contributed by atoms with Crippen molar-refractivity contribution in [2.45, 2.75) is 39.7 Å². The average molecular weight is 358 g/mol. The Hall–Kier alpha value is -2.76. The Morgan fingerprint density at radius 2 is 2.08 bits per heavy atom. The molecule has 0 aromatic heterocycles. The van der Waals surface area contributed by atoms with Crippen LogP contribution in [-0.4, -0.2) is 25.2 Å². The second-order valence-electron chi connectivity index (χ2n) is 5.98. The molecule has 1 aromatic rings. The van der Waals surface area contributed by atoms with E-state index in [1.165, 1.54) is 0 Å². The second kappa shape index (κ2) is 9.65. The van der Waals surface area contributed by atoms with Gasteiger partial charge in [0.25, 0.3) is 0 Å². The number of carbonyl (C=O) groups excluding carboxylic acids is 2. The van der Waals surface area contributed by atoms with Gasteiger partial charge in [-0.15, -0.1) is 0 Å². The van der Waals surface area contributed by atoms with Crippen LogP contribution in [0.2, 0.25) is 0 Å². The van der Waals surface area contributed by atoms with Crippen molar-refractivity contribution in [3.8, 4) is 5.75 Å². The summed E-state index contributed by atoms with van der Waals surface area (Å²) in [6, 6.07) is 6.43. The minimum absolute atomic E-state index is 0.182. The largest absolute Gasteiger partial charge is 0.493 e. The highest BCUT2D eigenvalue weighted by molar-refractivity contribution is 5.95. The van der Waals surface area contributed by atoms with Crippen molar-refractivity contribution in [2.24, 2.45) is 0 Å². The molecule has 0 aliphatic carbocycles. The fourth-order valence-electron chi connectivity index (χ4n) is 2.67. The van der Waals surface area contributed by atoms with Crippen molar-refractivity contribution in [3.05, 3.63) is 53.3 Å². The van der Waals surface area contributed by atoms with Gasteiger partial charge in [0.15, 0.2) is 0 Å². The van der Waals surface area contributed by atoms with Crippen LogP contribution in [0.25, 0.3) is 0 Å². The van der Waals surface area contributed by atoms with Crippen LogP contribution >= 0.6 is 0 Å². The molecule has 1 heterocycles. The number of benzene rings is 1. The fourth-order valence-corrected chi connectivity index (χ4v) is 2.67. The molecule has 6 nitrogen and oxygen atoms in total. The molecule has 26 heavy (non-hydrogen) atoms. The Morgan fingerprint density at radius 1 is 1.31 bits per heavy atom. The predicted octanol–water partition coefficient (Wildman–Crippen LogP) is 3.61. The molecule has 1 aliphatic rings. The van der Waals surface area contributed by atoms with E-state index in [0.29, 0.717) is 23.6 Å². The highest BCUT2D eigenvalue weighted by Gasteiger charge is 2.33. The average Bonchev–Trinajstić information content (AvgIpc) is 2.62. The predicted molar refractivity (Wildman–Crippen MR) is 99.7 cm³/mol. The number of para-hydroxylation sites is 1. The smallest absolute Gasteiger partial charge is 0.338 e. The maximum Gasteiger partial charge on any atom is 0.338 e. The van der Waals surface area contributed by atoms with Gasteiger partial charge in [-0.25, -0.2) is 9.59 Å². The van der Waals surface area contributed by atoms with Gasteiger partial charge in [-0.2, -0.15) is 0 Å². The van der Waals surface area contributed by atoms with Gasteiger partial charge in [-0.05, 0) is 26.3 Å². The Labute approximate surface area is 154 Å². The molecular weight excluding hydrogens is 332 g/mol. The van der Waals surface area contributed by atoms with Crippen LogP contribution < -0.4 is 15.4 Å². The Balaban J connectivity index is 2.34. The summed E-state index contributed by atoms with van der Waals surface area (Å²) in [4.78, 5) is 24.6. The summed E-state index contributed by atoms with van der Waals surface area (Å²) in [5, 5.41) is 5.45. The number of rotatable bonds is 8. The standard InChI is InChI=1S/C20H26N2O4/c1-4-6-12-25-16-11-9-8-10-15(16)18-17(14(3)21-20(24)22-18)19(23)26-13-7-5-2/h5,7-11,18H,4,6,12-13H2,1-3H3,(H2,21,22,24). The lowest BCUT2D eigenvalue weighted by atomic mass is 9.95. The normalized spacial score (nSPS) is 17.0. The summed E-state index contributed by atoms with van der Waals surface area (Å²) in [5.74, 6) is 0.182. The first-order valence-electron chi connectivity index (χ1n) is 8.86. The third-order valence-corrected chi connectivity index (χ3v) is 4.02. The first-order chi connectivity index (χ1) is 12.6. The van der Waals surface area contributed by atoms with Crippen LogP contribution in [0, 0.1) is 0 Å². The summed E-state index contributed by atoms with van der Waals surface area (Å²) in [6.07, 6.45) is 5.51. The van der Waals surface area contributed by atoms with Crippen LogP contribution in [-0.2, 0) is 9.53 Å². The van der Waals surface area contributed by atoms with Crippen molar-refractivity contribution < 1.29 is 19.1 Å². The zero-order valence-corrected chi connectivity index (χ0v) is 15.5. The zero-order valence-electron chi connectivity index (χ0n) is 15.5. The first kappa shape index (κ1) is 19.6.